The molecule has 0 radical (unpaired) electrons. The van der Waals surface area contributed by atoms with Gasteiger partial charge in [0.25, 0.3) is 0 Å². The molecule has 2 rings (SSSR count). The third kappa shape index (κ3) is 4.18. The highest BCUT2D eigenvalue weighted by atomic mass is 16.2. The molecule has 1 aliphatic carbocycles. The van der Waals surface area contributed by atoms with E-state index in [4.69, 9.17) is 5.73 Å². The van der Waals surface area contributed by atoms with Crippen molar-refractivity contribution in [1.29, 1.82) is 0 Å². The maximum Gasteiger partial charge on any atom is 0.227 e. The van der Waals surface area contributed by atoms with E-state index in [2.05, 4.69) is 25.7 Å². The Morgan fingerprint density at radius 3 is 2.21 bits per heavy atom. The number of piperazine rings is 1. The van der Waals surface area contributed by atoms with Gasteiger partial charge in [-0.3, -0.25) is 9.69 Å². The highest BCUT2D eigenvalue weighted by Gasteiger charge is 2.34. The van der Waals surface area contributed by atoms with Crippen molar-refractivity contribution < 1.29 is 4.79 Å². The molecule has 1 saturated heterocycles. The summed E-state index contributed by atoms with van der Waals surface area (Å²) >= 11 is 0. The Bertz CT molecular complexity index is 312. The summed E-state index contributed by atoms with van der Waals surface area (Å²) in [7, 11) is 0. The van der Waals surface area contributed by atoms with Crippen molar-refractivity contribution in [2.45, 2.75) is 46.1 Å². The van der Waals surface area contributed by atoms with Crippen LogP contribution < -0.4 is 5.73 Å². The van der Waals surface area contributed by atoms with Gasteiger partial charge in [0.15, 0.2) is 0 Å². The highest BCUT2D eigenvalue weighted by molar-refractivity contribution is 5.79. The Morgan fingerprint density at radius 2 is 1.79 bits per heavy atom. The van der Waals surface area contributed by atoms with Gasteiger partial charge >= 0.3 is 0 Å². The first kappa shape index (κ1) is 14.8. The van der Waals surface area contributed by atoms with Gasteiger partial charge in [-0.25, -0.2) is 0 Å². The summed E-state index contributed by atoms with van der Waals surface area (Å²) in [6.45, 7) is 10.9. The number of hydrogen-bond donors (Lipinski definition) is 1. The number of hydrogen-bond acceptors (Lipinski definition) is 3. The molecule has 1 unspecified atom stereocenters. The lowest BCUT2D eigenvalue weighted by Gasteiger charge is -2.37. The lowest BCUT2D eigenvalue weighted by molar-refractivity contribution is -0.138. The monoisotopic (exact) mass is 267 g/mol. The molecule has 0 spiro atoms. The average molecular weight is 267 g/mol. The number of nitrogens with zero attached hydrogens (tertiary/aromatic N) is 2. The minimum Gasteiger partial charge on any atom is -0.340 e. The van der Waals surface area contributed by atoms with Crippen LogP contribution in [0.4, 0.5) is 0 Å². The van der Waals surface area contributed by atoms with E-state index >= 15 is 0 Å². The molecule has 1 atom stereocenters. The predicted molar refractivity (Wildman–Crippen MR) is 77.8 cm³/mol. The van der Waals surface area contributed by atoms with Crippen molar-refractivity contribution in [3.8, 4) is 0 Å². The van der Waals surface area contributed by atoms with E-state index in [9.17, 15) is 4.79 Å². The standard InChI is InChI=1S/C15H29N3O/c1-15(2,3)10-12(11-16)14(19)18-8-6-17(7-9-18)13-4-5-13/h12-13H,4-11,16H2,1-3H3. The lowest BCUT2D eigenvalue weighted by atomic mass is 9.84. The lowest BCUT2D eigenvalue weighted by Crippen LogP contribution is -2.52. The summed E-state index contributed by atoms with van der Waals surface area (Å²) in [4.78, 5) is 17.1. The van der Waals surface area contributed by atoms with Crippen molar-refractivity contribution in [2.24, 2.45) is 17.1 Å². The van der Waals surface area contributed by atoms with Crippen molar-refractivity contribution in [2.75, 3.05) is 32.7 Å². The first-order valence-corrected chi connectivity index (χ1v) is 7.63. The molecule has 4 nitrogen and oxygen atoms in total. The minimum absolute atomic E-state index is 0.00697. The van der Waals surface area contributed by atoms with Crippen LogP contribution in [0.5, 0.6) is 0 Å². The van der Waals surface area contributed by atoms with Crippen LogP contribution in [0.2, 0.25) is 0 Å². The molecule has 0 bridgehead atoms. The van der Waals surface area contributed by atoms with E-state index in [1.807, 2.05) is 4.90 Å². The Balaban J connectivity index is 1.84. The molecule has 2 aliphatic rings. The number of carbonyl (C=O) groups is 1. The van der Waals surface area contributed by atoms with E-state index < -0.39 is 0 Å². The van der Waals surface area contributed by atoms with Gasteiger partial charge in [0.05, 0.1) is 5.92 Å². The number of carbonyl (C=O) groups excluding carboxylic acids is 1. The van der Waals surface area contributed by atoms with Crippen LogP contribution in [0, 0.1) is 11.3 Å². The predicted octanol–water partition coefficient (Wildman–Crippen LogP) is 1.30. The smallest absolute Gasteiger partial charge is 0.227 e. The minimum atomic E-state index is -0.00697. The fourth-order valence-corrected chi connectivity index (χ4v) is 3.02. The second kappa shape index (κ2) is 5.80. The van der Waals surface area contributed by atoms with E-state index in [-0.39, 0.29) is 17.2 Å². The van der Waals surface area contributed by atoms with Gasteiger partial charge in [0, 0.05) is 38.8 Å². The van der Waals surface area contributed by atoms with Crippen LogP contribution in [0.25, 0.3) is 0 Å². The van der Waals surface area contributed by atoms with E-state index in [0.717, 1.165) is 38.6 Å². The summed E-state index contributed by atoms with van der Waals surface area (Å²) < 4.78 is 0. The second-order valence-corrected chi connectivity index (χ2v) is 7.29. The topological polar surface area (TPSA) is 49.6 Å². The fraction of sp³-hybridized carbons (Fsp3) is 0.933. The molecule has 0 aromatic carbocycles. The number of nitrogens with two attached hydrogens (primary N) is 1. The largest absolute Gasteiger partial charge is 0.340 e. The number of rotatable bonds is 4. The van der Waals surface area contributed by atoms with Crippen LogP contribution in [0.15, 0.2) is 0 Å². The summed E-state index contributed by atoms with van der Waals surface area (Å²) in [6, 6.07) is 0.817. The average Bonchev–Trinajstić information content (AvgIpc) is 3.18. The summed E-state index contributed by atoms with van der Waals surface area (Å²) in [5.74, 6) is 0.264. The fourth-order valence-electron chi connectivity index (χ4n) is 3.02. The first-order valence-electron chi connectivity index (χ1n) is 7.63. The molecule has 110 valence electrons. The van der Waals surface area contributed by atoms with Crippen LogP contribution in [-0.2, 0) is 4.79 Å². The van der Waals surface area contributed by atoms with Crippen molar-refractivity contribution in [1.82, 2.24) is 9.80 Å². The summed E-state index contributed by atoms with van der Waals surface area (Å²) in [6.07, 6.45) is 3.58. The zero-order valence-electron chi connectivity index (χ0n) is 12.7. The van der Waals surface area contributed by atoms with Gasteiger partial charge in [0.2, 0.25) is 5.91 Å². The van der Waals surface area contributed by atoms with Gasteiger partial charge in [-0.2, -0.15) is 0 Å². The van der Waals surface area contributed by atoms with Crippen LogP contribution in [0.3, 0.4) is 0 Å². The number of amides is 1. The summed E-state index contributed by atoms with van der Waals surface area (Å²) in [5.41, 5.74) is 5.98. The van der Waals surface area contributed by atoms with Crippen molar-refractivity contribution in [3.05, 3.63) is 0 Å². The van der Waals surface area contributed by atoms with Crippen molar-refractivity contribution >= 4 is 5.91 Å². The zero-order chi connectivity index (χ0) is 14.0. The maximum absolute atomic E-state index is 12.5. The molecule has 4 heteroatoms. The quantitative estimate of drug-likeness (QED) is 0.835. The Hall–Kier alpha value is -0.610. The van der Waals surface area contributed by atoms with Crippen LogP contribution >= 0.6 is 0 Å². The van der Waals surface area contributed by atoms with E-state index in [0.29, 0.717) is 6.54 Å². The van der Waals surface area contributed by atoms with Crippen LogP contribution in [0.1, 0.15) is 40.0 Å². The Labute approximate surface area is 117 Å². The third-order valence-corrected chi connectivity index (χ3v) is 4.18. The SMILES string of the molecule is CC(C)(C)CC(CN)C(=O)N1CCN(C2CC2)CC1. The Kier molecular flexibility index (Phi) is 4.51. The van der Waals surface area contributed by atoms with Gasteiger partial charge < -0.3 is 10.6 Å². The molecule has 0 aromatic heterocycles. The van der Waals surface area contributed by atoms with Gasteiger partial charge in [-0.05, 0) is 24.7 Å². The molecular weight excluding hydrogens is 238 g/mol. The van der Waals surface area contributed by atoms with E-state index in [1.165, 1.54) is 12.8 Å². The molecule has 0 aromatic rings. The molecule has 1 saturated carbocycles. The normalized spacial score (nSPS) is 23.5. The second-order valence-electron chi connectivity index (χ2n) is 7.29. The first-order chi connectivity index (χ1) is 8.90. The van der Waals surface area contributed by atoms with Crippen molar-refractivity contribution in [3.63, 3.8) is 0 Å². The molecule has 2 fully saturated rings. The highest BCUT2D eigenvalue weighted by Crippen LogP contribution is 2.29. The maximum atomic E-state index is 12.5. The summed E-state index contributed by atoms with van der Waals surface area (Å²) in [5, 5.41) is 0. The molecule has 1 amide bonds. The van der Waals surface area contributed by atoms with Gasteiger partial charge in [0.1, 0.15) is 0 Å². The third-order valence-electron chi connectivity index (χ3n) is 4.18. The van der Waals surface area contributed by atoms with Crippen LogP contribution in [-0.4, -0.2) is 54.5 Å². The zero-order valence-corrected chi connectivity index (χ0v) is 12.7. The van der Waals surface area contributed by atoms with Gasteiger partial charge in [-0.15, -0.1) is 0 Å². The molecule has 19 heavy (non-hydrogen) atoms. The molecule has 1 aliphatic heterocycles. The molecule has 1 heterocycles. The molecule has 2 N–H and O–H groups in total. The molecular formula is C15H29N3O. The van der Waals surface area contributed by atoms with E-state index in [1.54, 1.807) is 0 Å². The van der Waals surface area contributed by atoms with Gasteiger partial charge in [-0.1, -0.05) is 20.8 Å². The Morgan fingerprint density at radius 1 is 1.21 bits per heavy atom.